The van der Waals surface area contributed by atoms with Crippen LogP contribution in [0.3, 0.4) is 0 Å². The third kappa shape index (κ3) is 3.15. The molecule has 0 unspecified atom stereocenters. The minimum Gasteiger partial charge on any atom is -0.475 e. The van der Waals surface area contributed by atoms with Gasteiger partial charge in [0.15, 0.2) is 0 Å². The van der Waals surface area contributed by atoms with Gasteiger partial charge < -0.3 is 14.7 Å². The highest BCUT2D eigenvalue weighted by Gasteiger charge is 2.25. The lowest BCUT2D eigenvalue weighted by molar-refractivity contribution is 0.223. The van der Waals surface area contributed by atoms with Crippen LogP contribution in [-0.2, 0) is 6.61 Å². The Morgan fingerprint density at radius 2 is 2.25 bits per heavy atom. The van der Waals surface area contributed by atoms with Gasteiger partial charge in [-0.15, -0.1) is 10.2 Å². The van der Waals surface area contributed by atoms with Gasteiger partial charge in [0.05, 0.1) is 12.3 Å². The van der Waals surface area contributed by atoms with Crippen LogP contribution >= 0.6 is 0 Å². The van der Waals surface area contributed by atoms with E-state index in [4.69, 9.17) is 9.84 Å². The van der Waals surface area contributed by atoms with Crippen LogP contribution in [0.1, 0.15) is 18.5 Å². The van der Waals surface area contributed by atoms with Crippen molar-refractivity contribution < 1.29 is 9.84 Å². The topological polar surface area (TPSA) is 58.5 Å². The Hall–Kier alpha value is -1.20. The minimum absolute atomic E-state index is 0.0856. The van der Waals surface area contributed by atoms with E-state index in [-0.39, 0.29) is 6.61 Å². The molecular formula is C11H17N3O2. The first-order valence-corrected chi connectivity index (χ1v) is 5.56. The number of aliphatic hydroxyl groups is 1. The molecule has 1 heterocycles. The summed E-state index contributed by atoms with van der Waals surface area (Å²) in [5.74, 6) is 0.515. The van der Waals surface area contributed by atoms with Gasteiger partial charge in [-0.1, -0.05) is 0 Å². The van der Waals surface area contributed by atoms with Crippen molar-refractivity contribution in [3.05, 3.63) is 17.8 Å². The highest BCUT2D eigenvalue weighted by atomic mass is 16.5. The third-order valence-electron chi connectivity index (χ3n) is 2.72. The molecule has 0 atom stereocenters. The average Bonchev–Trinajstić information content (AvgIpc) is 3.14. The van der Waals surface area contributed by atoms with E-state index in [2.05, 4.69) is 22.1 Å². The highest BCUT2D eigenvalue weighted by molar-refractivity contribution is 5.10. The van der Waals surface area contributed by atoms with Crippen molar-refractivity contribution in [1.29, 1.82) is 0 Å². The van der Waals surface area contributed by atoms with Gasteiger partial charge in [-0.05, 0) is 26.0 Å². The molecule has 1 aliphatic carbocycles. The van der Waals surface area contributed by atoms with E-state index in [1.807, 2.05) is 0 Å². The number of aliphatic hydroxyl groups excluding tert-OH is 1. The van der Waals surface area contributed by atoms with Crippen molar-refractivity contribution in [2.24, 2.45) is 0 Å². The van der Waals surface area contributed by atoms with Crippen LogP contribution in [0.5, 0.6) is 5.88 Å². The monoisotopic (exact) mass is 223 g/mol. The van der Waals surface area contributed by atoms with E-state index in [1.54, 1.807) is 12.1 Å². The molecule has 1 aliphatic rings. The number of nitrogens with zero attached hydrogens (tertiary/aromatic N) is 3. The summed E-state index contributed by atoms with van der Waals surface area (Å²) in [5, 5.41) is 16.5. The standard InChI is InChI=1S/C11H17N3O2/c1-14(10-3-4-10)6-7-16-11-5-2-9(8-15)12-13-11/h2,5,10,15H,3-4,6-8H2,1H3. The summed E-state index contributed by atoms with van der Waals surface area (Å²) in [6.07, 6.45) is 2.61. The Morgan fingerprint density at radius 1 is 1.44 bits per heavy atom. The van der Waals surface area contributed by atoms with E-state index in [1.165, 1.54) is 12.8 Å². The van der Waals surface area contributed by atoms with Crippen LogP contribution in [0, 0.1) is 0 Å². The Morgan fingerprint density at radius 3 is 2.81 bits per heavy atom. The summed E-state index contributed by atoms with van der Waals surface area (Å²) in [6, 6.07) is 4.20. The number of hydrogen-bond acceptors (Lipinski definition) is 5. The molecule has 0 aromatic carbocycles. The SMILES string of the molecule is CN(CCOc1ccc(CO)nn1)C1CC1. The van der Waals surface area contributed by atoms with E-state index >= 15 is 0 Å². The number of aromatic nitrogens is 2. The normalized spacial score (nSPS) is 15.4. The Kier molecular flexibility index (Phi) is 3.69. The summed E-state index contributed by atoms with van der Waals surface area (Å²) in [7, 11) is 2.11. The highest BCUT2D eigenvalue weighted by Crippen LogP contribution is 2.24. The average molecular weight is 223 g/mol. The van der Waals surface area contributed by atoms with Crippen molar-refractivity contribution in [1.82, 2.24) is 15.1 Å². The molecule has 0 amide bonds. The van der Waals surface area contributed by atoms with Gasteiger partial charge in [0, 0.05) is 18.7 Å². The van der Waals surface area contributed by atoms with Gasteiger partial charge in [-0.25, -0.2) is 0 Å². The lowest BCUT2D eigenvalue weighted by Gasteiger charge is -2.15. The van der Waals surface area contributed by atoms with Gasteiger partial charge in [0.1, 0.15) is 6.61 Å². The van der Waals surface area contributed by atoms with Gasteiger partial charge in [-0.3, -0.25) is 0 Å². The fraction of sp³-hybridized carbons (Fsp3) is 0.636. The van der Waals surface area contributed by atoms with Crippen molar-refractivity contribution in [3.8, 4) is 5.88 Å². The van der Waals surface area contributed by atoms with Crippen LogP contribution in [0.2, 0.25) is 0 Å². The fourth-order valence-electron chi connectivity index (χ4n) is 1.50. The van der Waals surface area contributed by atoms with Crippen molar-refractivity contribution in [3.63, 3.8) is 0 Å². The van der Waals surface area contributed by atoms with Crippen LogP contribution in [0.15, 0.2) is 12.1 Å². The maximum atomic E-state index is 8.80. The molecule has 1 aromatic rings. The molecule has 0 bridgehead atoms. The van der Waals surface area contributed by atoms with Crippen LogP contribution in [-0.4, -0.2) is 46.4 Å². The third-order valence-corrected chi connectivity index (χ3v) is 2.72. The van der Waals surface area contributed by atoms with Gasteiger partial charge in [0.2, 0.25) is 5.88 Å². The number of hydrogen-bond donors (Lipinski definition) is 1. The Labute approximate surface area is 95.1 Å². The first-order chi connectivity index (χ1) is 7.79. The molecule has 2 rings (SSSR count). The Bertz CT molecular complexity index is 325. The zero-order valence-corrected chi connectivity index (χ0v) is 9.46. The largest absolute Gasteiger partial charge is 0.475 e. The lowest BCUT2D eigenvalue weighted by atomic mass is 10.4. The number of ether oxygens (including phenoxy) is 1. The zero-order chi connectivity index (χ0) is 11.4. The lowest BCUT2D eigenvalue weighted by Crippen LogP contribution is -2.26. The number of likely N-dealkylation sites (N-methyl/N-ethyl adjacent to an activating group) is 1. The summed E-state index contributed by atoms with van der Waals surface area (Å²) in [5.41, 5.74) is 0.558. The summed E-state index contributed by atoms with van der Waals surface area (Å²) < 4.78 is 5.46. The van der Waals surface area contributed by atoms with E-state index < -0.39 is 0 Å². The molecule has 5 heteroatoms. The Balaban J connectivity index is 1.71. The minimum atomic E-state index is -0.0856. The maximum absolute atomic E-state index is 8.80. The fourth-order valence-corrected chi connectivity index (χ4v) is 1.50. The van der Waals surface area contributed by atoms with E-state index in [9.17, 15) is 0 Å². The molecule has 1 N–H and O–H groups in total. The molecule has 88 valence electrons. The van der Waals surface area contributed by atoms with Crippen LogP contribution in [0.4, 0.5) is 0 Å². The van der Waals surface area contributed by atoms with Crippen LogP contribution < -0.4 is 4.74 Å². The molecule has 1 fully saturated rings. The summed E-state index contributed by atoms with van der Waals surface area (Å²) >= 11 is 0. The zero-order valence-electron chi connectivity index (χ0n) is 9.46. The van der Waals surface area contributed by atoms with Crippen molar-refractivity contribution in [2.45, 2.75) is 25.5 Å². The second kappa shape index (κ2) is 5.23. The molecule has 1 saturated carbocycles. The maximum Gasteiger partial charge on any atom is 0.233 e. The van der Waals surface area contributed by atoms with E-state index in [0.29, 0.717) is 18.2 Å². The van der Waals surface area contributed by atoms with Crippen LogP contribution in [0.25, 0.3) is 0 Å². The van der Waals surface area contributed by atoms with Gasteiger partial charge in [0.25, 0.3) is 0 Å². The molecule has 0 radical (unpaired) electrons. The van der Waals surface area contributed by atoms with Gasteiger partial charge >= 0.3 is 0 Å². The molecular weight excluding hydrogens is 206 g/mol. The second-order valence-electron chi connectivity index (χ2n) is 4.08. The van der Waals surface area contributed by atoms with Crippen molar-refractivity contribution >= 4 is 0 Å². The molecule has 1 aromatic heterocycles. The van der Waals surface area contributed by atoms with E-state index in [0.717, 1.165) is 12.6 Å². The van der Waals surface area contributed by atoms with Crippen molar-refractivity contribution in [2.75, 3.05) is 20.2 Å². The second-order valence-corrected chi connectivity index (χ2v) is 4.08. The predicted octanol–water partition coefficient (Wildman–Crippen LogP) is 0.442. The smallest absolute Gasteiger partial charge is 0.233 e. The molecule has 5 nitrogen and oxygen atoms in total. The first-order valence-electron chi connectivity index (χ1n) is 5.56. The molecule has 0 aliphatic heterocycles. The molecule has 16 heavy (non-hydrogen) atoms. The van der Waals surface area contributed by atoms with Gasteiger partial charge in [-0.2, -0.15) is 0 Å². The summed E-state index contributed by atoms with van der Waals surface area (Å²) in [4.78, 5) is 2.30. The first kappa shape index (κ1) is 11.3. The number of rotatable bonds is 6. The molecule has 0 saturated heterocycles. The molecule has 0 spiro atoms. The summed E-state index contributed by atoms with van der Waals surface area (Å²) in [6.45, 7) is 1.45. The quantitative estimate of drug-likeness (QED) is 0.758. The predicted molar refractivity (Wildman–Crippen MR) is 59.1 cm³/mol.